The summed E-state index contributed by atoms with van der Waals surface area (Å²) in [6.45, 7) is 4.52. The van der Waals surface area contributed by atoms with Crippen LogP contribution in [0.2, 0.25) is 0 Å². The average molecular weight is 279 g/mol. The van der Waals surface area contributed by atoms with E-state index in [0.717, 1.165) is 33.9 Å². The summed E-state index contributed by atoms with van der Waals surface area (Å²) in [6.07, 6.45) is 1.76. The van der Waals surface area contributed by atoms with Crippen molar-refractivity contribution in [3.8, 4) is 5.75 Å². The Morgan fingerprint density at radius 1 is 1.14 bits per heavy atom. The minimum absolute atomic E-state index is 0.621. The second-order valence-corrected chi connectivity index (χ2v) is 4.73. The molecule has 0 spiro atoms. The summed E-state index contributed by atoms with van der Waals surface area (Å²) in [5.74, 6) is 0.800. The van der Waals surface area contributed by atoms with E-state index >= 15 is 0 Å². The third-order valence-electron chi connectivity index (χ3n) is 3.23. The highest BCUT2D eigenvalue weighted by atomic mass is 16.5. The molecule has 0 saturated heterocycles. The normalized spacial score (nSPS) is 10.6. The lowest BCUT2D eigenvalue weighted by molar-refractivity contribution is 0.337. The molecule has 0 atom stereocenters. The van der Waals surface area contributed by atoms with Gasteiger partial charge in [-0.15, -0.1) is 0 Å². The second kappa shape index (κ2) is 5.79. The largest absolute Gasteiger partial charge is 0.492 e. The lowest BCUT2D eigenvalue weighted by Crippen LogP contribution is -1.99. The molecule has 4 nitrogen and oxygen atoms in total. The van der Waals surface area contributed by atoms with Crippen LogP contribution >= 0.6 is 0 Å². The molecule has 0 aliphatic heterocycles. The van der Waals surface area contributed by atoms with Crippen molar-refractivity contribution in [2.75, 3.05) is 11.9 Å². The van der Waals surface area contributed by atoms with Crippen LogP contribution in [0.4, 0.5) is 11.4 Å². The maximum atomic E-state index is 5.63. The predicted octanol–water partition coefficient (Wildman–Crippen LogP) is 4.08. The smallest absolute Gasteiger partial charge is 0.161 e. The Balaban J connectivity index is 2.07. The van der Waals surface area contributed by atoms with Crippen LogP contribution in [-0.2, 0) is 0 Å². The lowest BCUT2D eigenvalue weighted by atomic mass is 10.2. The zero-order valence-electron chi connectivity index (χ0n) is 12.1. The number of anilines is 2. The van der Waals surface area contributed by atoms with E-state index in [1.165, 1.54) is 0 Å². The molecule has 2 heterocycles. The van der Waals surface area contributed by atoms with Crippen molar-refractivity contribution < 1.29 is 4.74 Å². The van der Waals surface area contributed by atoms with Crippen molar-refractivity contribution in [3.05, 3.63) is 54.4 Å². The number of rotatable bonds is 4. The van der Waals surface area contributed by atoms with Gasteiger partial charge in [0.1, 0.15) is 5.75 Å². The summed E-state index contributed by atoms with van der Waals surface area (Å²) in [5.41, 5.74) is 3.58. The van der Waals surface area contributed by atoms with Crippen molar-refractivity contribution in [2.24, 2.45) is 0 Å². The Labute approximate surface area is 123 Å². The van der Waals surface area contributed by atoms with Gasteiger partial charge in [0.2, 0.25) is 0 Å². The van der Waals surface area contributed by atoms with E-state index in [2.05, 4.69) is 15.3 Å². The third kappa shape index (κ3) is 2.79. The van der Waals surface area contributed by atoms with Crippen molar-refractivity contribution in [2.45, 2.75) is 13.8 Å². The molecular weight excluding hydrogens is 262 g/mol. The third-order valence-corrected chi connectivity index (χ3v) is 3.23. The Kier molecular flexibility index (Phi) is 3.69. The van der Waals surface area contributed by atoms with Crippen LogP contribution in [-0.4, -0.2) is 16.6 Å². The van der Waals surface area contributed by atoms with Crippen molar-refractivity contribution in [3.63, 3.8) is 0 Å². The van der Waals surface area contributed by atoms with Crippen LogP contribution in [0, 0.1) is 6.92 Å². The van der Waals surface area contributed by atoms with Crippen molar-refractivity contribution in [1.29, 1.82) is 0 Å². The minimum Gasteiger partial charge on any atom is -0.492 e. The van der Waals surface area contributed by atoms with Gasteiger partial charge in [-0.25, -0.2) is 9.97 Å². The molecule has 106 valence electrons. The van der Waals surface area contributed by atoms with Gasteiger partial charge in [0.15, 0.2) is 5.65 Å². The van der Waals surface area contributed by atoms with Gasteiger partial charge in [0.05, 0.1) is 18.0 Å². The molecule has 21 heavy (non-hydrogen) atoms. The van der Waals surface area contributed by atoms with E-state index in [4.69, 9.17) is 4.74 Å². The first kappa shape index (κ1) is 13.4. The molecule has 0 saturated carbocycles. The van der Waals surface area contributed by atoms with Crippen LogP contribution in [0.25, 0.3) is 11.0 Å². The molecule has 0 radical (unpaired) electrons. The Morgan fingerprint density at radius 3 is 2.71 bits per heavy atom. The lowest BCUT2D eigenvalue weighted by Gasteiger charge is -2.12. The van der Waals surface area contributed by atoms with Crippen LogP contribution in [0.1, 0.15) is 12.6 Å². The van der Waals surface area contributed by atoms with Gasteiger partial charge in [-0.3, -0.25) is 0 Å². The first-order valence-corrected chi connectivity index (χ1v) is 6.99. The van der Waals surface area contributed by atoms with Gasteiger partial charge >= 0.3 is 0 Å². The average Bonchev–Trinajstić information content (AvgIpc) is 2.50. The highest BCUT2D eigenvalue weighted by Crippen LogP contribution is 2.28. The monoisotopic (exact) mass is 279 g/mol. The quantitative estimate of drug-likeness (QED) is 0.781. The molecule has 3 rings (SSSR count). The molecule has 4 heteroatoms. The molecule has 0 aliphatic rings. The van der Waals surface area contributed by atoms with Gasteiger partial charge in [-0.2, -0.15) is 0 Å². The topological polar surface area (TPSA) is 47.0 Å². The Bertz CT molecular complexity index is 757. The number of ether oxygens (including phenoxy) is 1. The van der Waals surface area contributed by atoms with Gasteiger partial charge in [0, 0.05) is 17.3 Å². The Hall–Kier alpha value is -2.62. The number of nitrogens with zero attached hydrogens (tertiary/aromatic N) is 2. The first-order valence-electron chi connectivity index (χ1n) is 6.99. The van der Waals surface area contributed by atoms with E-state index in [-0.39, 0.29) is 0 Å². The van der Waals surface area contributed by atoms with E-state index in [0.29, 0.717) is 6.61 Å². The summed E-state index contributed by atoms with van der Waals surface area (Å²) < 4.78 is 5.63. The fourth-order valence-corrected chi connectivity index (χ4v) is 2.23. The SMILES string of the molecule is CCOc1cc2c(Nc3ccccc3)ccnc2nc1C. The molecule has 0 bridgehead atoms. The fourth-order valence-electron chi connectivity index (χ4n) is 2.23. The number of pyridine rings is 2. The Morgan fingerprint density at radius 2 is 1.95 bits per heavy atom. The maximum absolute atomic E-state index is 5.63. The number of hydrogen-bond donors (Lipinski definition) is 1. The number of benzene rings is 1. The highest BCUT2D eigenvalue weighted by Gasteiger charge is 2.08. The van der Waals surface area contributed by atoms with E-state index in [1.807, 2.05) is 56.3 Å². The highest BCUT2D eigenvalue weighted by molar-refractivity contribution is 5.91. The van der Waals surface area contributed by atoms with Gasteiger partial charge < -0.3 is 10.1 Å². The minimum atomic E-state index is 0.621. The van der Waals surface area contributed by atoms with E-state index in [1.54, 1.807) is 6.20 Å². The van der Waals surface area contributed by atoms with Crippen molar-refractivity contribution in [1.82, 2.24) is 9.97 Å². The van der Waals surface area contributed by atoms with Crippen LogP contribution in [0.5, 0.6) is 5.75 Å². The standard InChI is InChI=1S/C17H17N3O/c1-3-21-16-11-14-15(20-13-7-5-4-6-8-13)9-10-18-17(14)19-12(16)2/h4-11H,3H2,1-2H3,(H,18,19,20). The number of nitrogens with one attached hydrogen (secondary N) is 1. The second-order valence-electron chi connectivity index (χ2n) is 4.73. The van der Waals surface area contributed by atoms with Gasteiger partial charge in [-0.05, 0) is 38.1 Å². The number of fused-ring (bicyclic) bond motifs is 1. The molecule has 2 aromatic heterocycles. The summed E-state index contributed by atoms with van der Waals surface area (Å²) in [4.78, 5) is 8.86. The summed E-state index contributed by atoms with van der Waals surface area (Å²) >= 11 is 0. The van der Waals surface area contributed by atoms with E-state index in [9.17, 15) is 0 Å². The molecule has 0 fully saturated rings. The zero-order chi connectivity index (χ0) is 14.7. The van der Waals surface area contributed by atoms with Crippen LogP contribution < -0.4 is 10.1 Å². The van der Waals surface area contributed by atoms with Crippen LogP contribution in [0.3, 0.4) is 0 Å². The number of aryl methyl sites for hydroxylation is 1. The van der Waals surface area contributed by atoms with Gasteiger partial charge in [0.25, 0.3) is 0 Å². The number of hydrogen-bond acceptors (Lipinski definition) is 4. The molecule has 0 amide bonds. The van der Waals surface area contributed by atoms with Crippen LogP contribution in [0.15, 0.2) is 48.7 Å². The molecular formula is C17H17N3O. The summed E-state index contributed by atoms with van der Waals surface area (Å²) in [6, 6.07) is 14.0. The molecule has 0 aliphatic carbocycles. The molecule has 0 unspecified atom stereocenters. The summed E-state index contributed by atoms with van der Waals surface area (Å²) in [7, 11) is 0. The van der Waals surface area contributed by atoms with E-state index < -0.39 is 0 Å². The molecule has 3 aromatic rings. The summed E-state index contributed by atoms with van der Waals surface area (Å²) in [5, 5.41) is 4.35. The number of para-hydroxylation sites is 1. The fraction of sp³-hybridized carbons (Fsp3) is 0.176. The zero-order valence-corrected chi connectivity index (χ0v) is 12.1. The predicted molar refractivity (Wildman–Crippen MR) is 85.2 cm³/mol. The number of aromatic nitrogens is 2. The first-order chi connectivity index (χ1) is 10.3. The maximum Gasteiger partial charge on any atom is 0.161 e. The molecule has 1 aromatic carbocycles. The van der Waals surface area contributed by atoms with Crippen molar-refractivity contribution >= 4 is 22.4 Å². The van der Waals surface area contributed by atoms with Gasteiger partial charge in [-0.1, -0.05) is 18.2 Å². The molecule has 1 N–H and O–H groups in total.